The van der Waals surface area contributed by atoms with E-state index in [4.69, 9.17) is 104 Å². The molecule has 0 spiro atoms. The lowest BCUT2D eigenvalue weighted by atomic mass is 9.79. The number of nitrogens with zero attached hydrogens (tertiary/aromatic N) is 2. The molecule has 6 aromatic rings. The van der Waals surface area contributed by atoms with Gasteiger partial charge in [0.1, 0.15) is 31.3 Å². The fourth-order valence-electron chi connectivity index (χ4n) is 8.69. The number of carbonyl (C=O) groups excluding carboxylic acids is 4. The van der Waals surface area contributed by atoms with Crippen molar-refractivity contribution in [2.24, 2.45) is 0 Å². The quantitative estimate of drug-likeness (QED) is 0.00225. The van der Waals surface area contributed by atoms with Crippen LogP contribution in [0.15, 0.2) is 146 Å². The summed E-state index contributed by atoms with van der Waals surface area (Å²) in [7, 11) is 6.33. The number of esters is 2. The third-order valence-corrected chi connectivity index (χ3v) is 25.6. The van der Waals surface area contributed by atoms with Crippen molar-refractivity contribution in [3.8, 4) is 11.5 Å². The van der Waals surface area contributed by atoms with E-state index in [1.165, 1.54) is 94.4 Å². The number of aliphatic hydroxyl groups excluding tert-OH is 3. The van der Waals surface area contributed by atoms with E-state index in [0.29, 0.717) is 40.7 Å². The molecule has 0 atom stereocenters. The Morgan fingerprint density at radius 3 is 0.893 bits per heavy atom. The van der Waals surface area contributed by atoms with Crippen LogP contribution in [0.5, 0.6) is 11.5 Å². The number of halogens is 1. The van der Waals surface area contributed by atoms with Gasteiger partial charge in [0.15, 0.2) is 0 Å². The molecule has 662 valence electrons. The first kappa shape index (κ1) is 108. The SMILES string of the molecule is CC(C)(O)C(C)(C)O.CC1(C)OB(c2ccc(C(=O)O)cc2)OC1(C)C.CC1(C)OB(c2ccc(C(=O)OCCSSCCO)cc2)OC1(C)C.CC1(C)OB(c2ccc(C(=O)OCCSSCCOC(=O)Oc3ccc([N+](=O)[O-])cc3)cc2)OC1(C)C.O=C(Cl)Oc1ccc([N+](=O)[O-])cc1.O=C(O)c1ccc(B(O)O)cc1.OCCSSCCO. The molecular weight excluding hydrogens is 1720 g/mol. The highest BCUT2D eigenvalue weighted by Crippen LogP contribution is 2.39. The molecule has 0 aromatic heterocycles. The number of hydrogen-bond acceptors (Lipinski definition) is 34. The number of carbonyl (C=O) groups is 6. The van der Waals surface area contributed by atoms with Gasteiger partial charge in [0.25, 0.3) is 11.4 Å². The van der Waals surface area contributed by atoms with Gasteiger partial charge in [0, 0.05) is 70.4 Å². The van der Waals surface area contributed by atoms with Crippen LogP contribution in [0.4, 0.5) is 21.0 Å². The molecule has 3 aliphatic rings. The van der Waals surface area contributed by atoms with Crippen LogP contribution in [0.1, 0.15) is 152 Å². The van der Waals surface area contributed by atoms with Crippen molar-refractivity contribution < 1.29 is 136 Å². The summed E-state index contributed by atoms with van der Waals surface area (Å²) in [6, 6.07) is 36.2. The Balaban J connectivity index is 0.000000392. The number of nitro groups is 2. The molecule has 9 rings (SSSR count). The summed E-state index contributed by atoms with van der Waals surface area (Å²) >= 11 is 4.92. The molecule has 3 saturated heterocycles. The molecule has 121 heavy (non-hydrogen) atoms. The summed E-state index contributed by atoms with van der Waals surface area (Å²) in [5.74, 6) is 1.56. The number of benzene rings is 6. The van der Waals surface area contributed by atoms with Crippen LogP contribution < -0.4 is 31.3 Å². The van der Waals surface area contributed by atoms with Crippen molar-refractivity contribution in [1.29, 1.82) is 0 Å². The van der Waals surface area contributed by atoms with Crippen molar-refractivity contribution in [1.82, 2.24) is 0 Å². The average molecular weight is 1820 g/mol. The number of carboxylic acid groups (broad SMARTS) is 2. The standard InChI is InChI=1S/C24H28BNO9S2.C17H25BO5S2.C13H17BO4.C7H7BO4.C7H4ClNO4.C6H14O2.C4H10O2S2/c1-23(2)24(3,4)35-25(34-23)18-7-5-17(6-8-18)21(27)31-13-15-36-37-16-14-32-22(28)33-20-11-9-19(10-12-20)26(29)30;1-16(2)17(3,4)23-18(22-16)14-7-5-13(6-8-14)15(20)21-10-12-25-24-11-9-19;1-12(2)13(3,4)18-14(17-12)10-7-5-9(6-8-10)11(15)16;9-7(10)5-1-3-6(4-2-5)8(11)12;8-7(10)13-6-3-1-5(2-4-6)9(11)12;1-5(2,7)6(3,4)8;5-1-3-7-8-4-2-6/h5-12H,13-16H2,1-4H3;5-8,19H,9-12H2,1-4H3;5-8H,1-4H3,(H,15,16);1-4,11-12H,(H,9,10);1-4H;7-8H,1-4H3;5-6H,1-4H2. The first-order valence-corrected chi connectivity index (χ1v) is 45.0. The Labute approximate surface area is 734 Å². The van der Waals surface area contributed by atoms with E-state index in [1.54, 1.807) is 132 Å². The zero-order valence-corrected chi connectivity index (χ0v) is 75.6. The summed E-state index contributed by atoms with van der Waals surface area (Å²) in [4.78, 5) is 87.1. The summed E-state index contributed by atoms with van der Waals surface area (Å²) in [6.45, 7) is 31.5. The maximum absolute atomic E-state index is 12.3. The maximum Gasteiger partial charge on any atom is 0.513 e. The van der Waals surface area contributed by atoms with Crippen LogP contribution in [0.2, 0.25) is 0 Å². The molecular formula is C78H105B4ClN2O30S6. The molecule has 32 nitrogen and oxygen atoms in total. The minimum absolute atomic E-state index is 0.0747. The summed E-state index contributed by atoms with van der Waals surface area (Å²) in [5, 5.41) is 98.9. The predicted octanol–water partition coefficient (Wildman–Crippen LogP) is 11.1. The topological polar surface area (TPSA) is 472 Å². The smallest absolute Gasteiger partial charge is 0.478 e. The summed E-state index contributed by atoms with van der Waals surface area (Å²) < 4.78 is 60.7. The van der Waals surface area contributed by atoms with Crippen molar-refractivity contribution in [2.45, 2.75) is 156 Å². The minimum atomic E-state index is -1.55. The lowest BCUT2D eigenvalue weighted by Crippen LogP contribution is -2.44. The molecule has 3 aliphatic heterocycles. The number of rotatable bonds is 31. The number of ether oxygens (including phenoxy) is 5. The van der Waals surface area contributed by atoms with Gasteiger partial charge in [-0.1, -0.05) is 113 Å². The molecule has 3 heterocycles. The van der Waals surface area contributed by atoms with Crippen LogP contribution >= 0.6 is 76.4 Å². The van der Waals surface area contributed by atoms with Gasteiger partial charge in [-0.2, -0.15) is 0 Å². The molecule has 43 heteroatoms. The predicted molar refractivity (Wildman–Crippen MR) is 476 cm³/mol. The Kier molecular flexibility index (Phi) is 45.8. The second kappa shape index (κ2) is 51.3. The first-order valence-electron chi connectivity index (χ1n) is 37.2. The van der Waals surface area contributed by atoms with Gasteiger partial charge in [-0.3, -0.25) is 20.2 Å². The molecule has 6 aromatic carbocycles. The summed E-state index contributed by atoms with van der Waals surface area (Å²) in [6.07, 6.45) is -0.891. The van der Waals surface area contributed by atoms with Gasteiger partial charge in [-0.15, -0.1) is 0 Å². The van der Waals surface area contributed by atoms with Crippen LogP contribution in [-0.4, -0.2) is 239 Å². The fraction of sp³-hybridized carbons (Fsp3) is 0.462. The number of nitro benzene ring substituents is 2. The molecule has 0 radical (unpaired) electrons. The van der Waals surface area contributed by atoms with E-state index in [-0.39, 0.29) is 101 Å². The van der Waals surface area contributed by atoms with Crippen LogP contribution in [0.3, 0.4) is 0 Å². The van der Waals surface area contributed by atoms with Crippen molar-refractivity contribution in [3.05, 3.63) is 188 Å². The number of aromatic carboxylic acids is 2. The Bertz CT molecular complexity index is 4140. The normalized spacial score (nSPS) is 15.3. The van der Waals surface area contributed by atoms with Crippen molar-refractivity contribution >= 4 is 174 Å². The summed E-state index contributed by atoms with van der Waals surface area (Å²) in [5.41, 5.74) is -1.43. The lowest BCUT2D eigenvalue weighted by Gasteiger charge is -2.32. The van der Waals surface area contributed by atoms with E-state index < -0.39 is 90.2 Å². The van der Waals surface area contributed by atoms with Crippen molar-refractivity contribution in [2.75, 3.05) is 74.2 Å². The number of hydrogen-bond donors (Lipinski definition) is 9. The minimum Gasteiger partial charge on any atom is -0.478 e. The van der Waals surface area contributed by atoms with Crippen LogP contribution in [-0.2, 0) is 42.1 Å². The third-order valence-electron chi connectivity index (χ3n) is 18.4. The van der Waals surface area contributed by atoms with E-state index in [0.717, 1.165) is 27.9 Å². The van der Waals surface area contributed by atoms with Gasteiger partial charge >= 0.3 is 63.9 Å². The van der Waals surface area contributed by atoms with Gasteiger partial charge in [0.05, 0.1) is 96.7 Å². The van der Waals surface area contributed by atoms with E-state index in [2.05, 4.69) is 4.74 Å². The van der Waals surface area contributed by atoms with Gasteiger partial charge in [0.2, 0.25) is 0 Å². The molecule has 0 unspecified atom stereocenters. The largest absolute Gasteiger partial charge is 0.513 e. The number of non-ortho nitro benzene ring substituents is 2. The monoisotopic (exact) mass is 1820 g/mol. The van der Waals surface area contributed by atoms with E-state index in [1.807, 2.05) is 95.2 Å². The Morgan fingerprint density at radius 1 is 0.405 bits per heavy atom. The second-order valence-electron chi connectivity index (χ2n) is 29.8. The van der Waals surface area contributed by atoms with Gasteiger partial charge in [-0.25, -0.2) is 28.8 Å². The highest BCUT2D eigenvalue weighted by atomic mass is 35.5. The third kappa shape index (κ3) is 38.1. The lowest BCUT2D eigenvalue weighted by molar-refractivity contribution is -0.385. The highest BCUT2D eigenvalue weighted by Gasteiger charge is 2.54. The van der Waals surface area contributed by atoms with Crippen LogP contribution in [0.25, 0.3) is 0 Å². The molecule has 0 aliphatic carbocycles. The van der Waals surface area contributed by atoms with Gasteiger partial charge in [-0.05, 0) is 205 Å². The molecule has 3 fully saturated rings. The van der Waals surface area contributed by atoms with E-state index in [9.17, 15) is 49.0 Å². The Morgan fingerprint density at radius 2 is 0.653 bits per heavy atom. The van der Waals surface area contributed by atoms with Crippen molar-refractivity contribution in [3.63, 3.8) is 0 Å². The maximum atomic E-state index is 12.3. The molecule has 0 amide bonds. The molecule has 9 N–H and O–H groups in total. The average Bonchev–Trinajstić information content (AvgIpc) is 1.66. The zero-order valence-electron chi connectivity index (χ0n) is 70.0. The van der Waals surface area contributed by atoms with Crippen LogP contribution in [0, 0.1) is 20.2 Å². The van der Waals surface area contributed by atoms with Gasteiger partial charge < -0.3 is 97.4 Å². The number of carboxylic acids is 2. The number of aliphatic hydroxyl groups is 5. The molecule has 0 saturated carbocycles. The Hall–Kier alpha value is -7.13. The first-order chi connectivity index (χ1) is 56.3. The zero-order chi connectivity index (χ0) is 91.3. The highest BCUT2D eigenvalue weighted by molar-refractivity contribution is 8.77. The van der Waals surface area contributed by atoms with E-state index >= 15 is 0 Å². The second-order valence-corrected chi connectivity index (χ2v) is 38.2. The molecule has 0 bridgehead atoms. The fourth-order valence-corrected chi connectivity index (χ4v) is 13.6.